The van der Waals surface area contributed by atoms with Gasteiger partial charge in [-0.3, -0.25) is 9.59 Å². The second kappa shape index (κ2) is 6.54. The molecule has 2 N–H and O–H groups in total. The molecule has 0 aliphatic rings. The lowest BCUT2D eigenvalue weighted by Crippen LogP contribution is -2.23. The summed E-state index contributed by atoms with van der Waals surface area (Å²) in [4.78, 5) is 26.2. The van der Waals surface area contributed by atoms with Gasteiger partial charge in [-0.25, -0.2) is 0 Å². The first-order valence-electron chi connectivity index (χ1n) is 5.82. The largest absolute Gasteiger partial charge is 0.352 e. The molecule has 0 aromatic carbocycles. The van der Waals surface area contributed by atoms with Crippen molar-refractivity contribution in [2.45, 2.75) is 19.4 Å². The number of H-pyrrole nitrogens is 1. The van der Waals surface area contributed by atoms with E-state index in [1.165, 1.54) is 17.4 Å². The van der Waals surface area contributed by atoms with Crippen LogP contribution in [0.1, 0.15) is 16.9 Å². The van der Waals surface area contributed by atoms with Gasteiger partial charge in [0.25, 0.3) is 0 Å². The number of aromatic amines is 1. The number of hydrogen-bond acceptors (Lipinski definition) is 3. The molecular formula is C13H13ClN2O2S. The summed E-state index contributed by atoms with van der Waals surface area (Å²) in [7, 11) is 0. The molecule has 19 heavy (non-hydrogen) atoms. The Bertz CT molecular complexity index is 601. The molecule has 0 aliphatic carbocycles. The van der Waals surface area contributed by atoms with Gasteiger partial charge in [0.2, 0.25) is 11.5 Å². The van der Waals surface area contributed by atoms with Crippen LogP contribution in [0.2, 0.25) is 4.34 Å². The molecule has 0 radical (unpaired) electrons. The van der Waals surface area contributed by atoms with Gasteiger partial charge < -0.3 is 10.3 Å². The third-order valence-electron chi connectivity index (χ3n) is 2.57. The summed E-state index contributed by atoms with van der Waals surface area (Å²) in [5.74, 6) is -0.0178. The van der Waals surface area contributed by atoms with E-state index in [4.69, 9.17) is 11.6 Å². The number of nitrogens with one attached hydrogen (secondary N) is 2. The Morgan fingerprint density at radius 3 is 2.79 bits per heavy atom. The van der Waals surface area contributed by atoms with E-state index in [-0.39, 0.29) is 11.5 Å². The molecule has 2 rings (SSSR count). The average molecular weight is 297 g/mol. The van der Waals surface area contributed by atoms with E-state index < -0.39 is 0 Å². The average Bonchev–Trinajstić information content (AvgIpc) is 2.81. The van der Waals surface area contributed by atoms with Crippen LogP contribution >= 0.6 is 22.9 Å². The minimum Gasteiger partial charge on any atom is -0.352 e. The van der Waals surface area contributed by atoms with Crippen molar-refractivity contribution in [2.75, 3.05) is 0 Å². The summed E-state index contributed by atoms with van der Waals surface area (Å²) in [5.41, 5.74) is 0.719. The second-order valence-electron chi connectivity index (χ2n) is 4.04. The lowest BCUT2D eigenvalue weighted by atomic mass is 10.2. The van der Waals surface area contributed by atoms with Crippen LogP contribution in [0.5, 0.6) is 0 Å². The fourth-order valence-corrected chi connectivity index (χ4v) is 2.65. The Labute approximate surface area is 119 Å². The topological polar surface area (TPSA) is 62.0 Å². The molecule has 100 valence electrons. The number of pyridine rings is 1. The number of carbonyl (C=O) groups excluding carboxylic acids is 1. The molecule has 0 unspecified atom stereocenters. The van der Waals surface area contributed by atoms with Crippen LogP contribution in [0.15, 0.2) is 35.3 Å². The van der Waals surface area contributed by atoms with Gasteiger partial charge in [0.1, 0.15) is 0 Å². The zero-order valence-electron chi connectivity index (χ0n) is 10.1. The maximum atomic E-state index is 11.7. The predicted octanol–water partition coefficient (Wildman–Crippen LogP) is 2.34. The van der Waals surface area contributed by atoms with E-state index in [1.54, 1.807) is 12.3 Å². The number of amides is 1. The van der Waals surface area contributed by atoms with E-state index in [9.17, 15) is 9.59 Å². The molecule has 2 aromatic rings. The summed E-state index contributed by atoms with van der Waals surface area (Å²) >= 11 is 7.31. The van der Waals surface area contributed by atoms with Gasteiger partial charge in [-0.15, -0.1) is 11.3 Å². The lowest BCUT2D eigenvalue weighted by molar-refractivity contribution is -0.121. The first-order chi connectivity index (χ1) is 9.13. The second-order valence-corrected chi connectivity index (χ2v) is 5.84. The zero-order valence-corrected chi connectivity index (χ0v) is 11.7. The Hall–Kier alpha value is -1.59. The summed E-state index contributed by atoms with van der Waals surface area (Å²) in [5, 5.41) is 2.81. The highest BCUT2D eigenvalue weighted by Crippen LogP contribution is 2.22. The molecule has 0 fully saturated rings. The number of hydrogen-bond donors (Lipinski definition) is 2. The van der Waals surface area contributed by atoms with Crippen molar-refractivity contribution in [3.05, 3.63) is 55.6 Å². The van der Waals surface area contributed by atoms with Gasteiger partial charge in [0.05, 0.1) is 4.34 Å². The van der Waals surface area contributed by atoms with Gasteiger partial charge in [0, 0.05) is 30.1 Å². The minimum absolute atomic E-state index is 0.0178. The Morgan fingerprint density at radius 2 is 2.16 bits per heavy atom. The Balaban J connectivity index is 1.75. The smallest absolute Gasteiger partial charge is 0.247 e. The van der Waals surface area contributed by atoms with Gasteiger partial charge in [-0.2, -0.15) is 0 Å². The van der Waals surface area contributed by atoms with Crippen LogP contribution in [-0.4, -0.2) is 10.9 Å². The Morgan fingerprint density at radius 1 is 1.32 bits per heavy atom. The number of thiophene rings is 1. The summed E-state index contributed by atoms with van der Waals surface area (Å²) in [6.07, 6.45) is 2.72. The predicted molar refractivity (Wildman–Crippen MR) is 76.6 cm³/mol. The number of aromatic nitrogens is 1. The molecular weight excluding hydrogens is 284 g/mol. The van der Waals surface area contributed by atoms with Crippen molar-refractivity contribution in [2.24, 2.45) is 0 Å². The molecule has 0 atom stereocenters. The Kier molecular flexibility index (Phi) is 4.76. The third-order valence-corrected chi connectivity index (χ3v) is 3.86. The van der Waals surface area contributed by atoms with E-state index in [0.29, 0.717) is 19.4 Å². The monoisotopic (exact) mass is 296 g/mol. The SMILES string of the molecule is O=C(CCc1ccc(Cl)s1)NCc1ccc(=O)[nH]c1. The molecule has 0 aliphatic heterocycles. The minimum atomic E-state index is -0.148. The fraction of sp³-hybridized carbons (Fsp3) is 0.231. The zero-order chi connectivity index (χ0) is 13.7. The fourth-order valence-electron chi connectivity index (χ4n) is 1.56. The molecule has 1 amide bonds. The normalized spacial score (nSPS) is 10.4. The number of rotatable bonds is 5. The van der Waals surface area contributed by atoms with Crippen LogP contribution in [0, 0.1) is 0 Å². The highest BCUT2D eigenvalue weighted by molar-refractivity contribution is 7.16. The molecule has 0 spiro atoms. The van der Waals surface area contributed by atoms with Crippen molar-refractivity contribution < 1.29 is 4.79 Å². The molecule has 0 saturated heterocycles. The molecule has 0 bridgehead atoms. The van der Waals surface area contributed by atoms with Crippen molar-refractivity contribution in [1.82, 2.24) is 10.3 Å². The van der Waals surface area contributed by atoms with E-state index in [1.807, 2.05) is 12.1 Å². The van der Waals surface area contributed by atoms with Crippen LogP contribution in [-0.2, 0) is 17.8 Å². The van der Waals surface area contributed by atoms with E-state index >= 15 is 0 Å². The molecule has 4 nitrogen and oxygen atoms in total. The van der Waals surface area contributed by atoms with E-state index in [0.717, 1.165) is 14.8 Å². The highest BCUT2D eigenvalue weighted by Gasteiger charge is 2.04. The third kappa shape index (κ3) is 4.54. The quantitative estimate of drug-likeness (QED) is 0.889. The maximum absolute atomic E-state index is 11.7. The van der Waals surface area contributed by atoms with Gasteiger partial charge in [-0.05, 0) is 24.1 Å². The van der Waals surface area contributed by atoms with E-state index in [2.05, 4.69) is 10.3 Å². The van der Waals surface area contributed by atoms with Crippen LogP contribution in [0.3, 0.4) is 0 Å². The molecule has 6 heteroatoms. The first kappa shape index (κ1) is 13.8. The standard InChI is InChI=1S/C13H13ClN2O2S/c14-11-4-2-10(19-11)3-6-13(18)16-8-9-1-5-12(17)15-7-9/h1-2,4-5,7H,3,6,8H2,(H,15,17)(H,16,18). The number of halogens is 1. The number of aryl methyl sites for hydroxylation is 1. The first-order valence-corrected chi connectivity index (χ1v) is 7.01. The van der Waals surface area contributed by atoms with Gasteiger partial charge in [-0.1, -0.05) is 17.7 Å². The molecule has 2 heterocycles. The van der Waals surface area contributed by atoms with Crippen LogP contribution in [0.25, 0.3) is 0 Å². The summed E-state index contributed by atoms with van der Waals surface area (Å²) in [6, 6.07) is 6.90. The van der Waals surface area contributed by atoms with Crippen molar-refractivity contribution in [3.8, 4) is 0 Å². The van der Waals surface area contributed by atoms with Crippen molar-refractivity contribution >= 4 is 28.8 Å². The number of carbonyl (C=O) groups is 1. The summed E-state index contributed by atoms with van der Waals surface area (Å²) < 4.78 is 0.739. The van der Waals surface area contributed by atoms with Crippen LogP contribution < -0.4 is 10.9 Å². The molecule has 0 saturated carbocycles. The van der Waals surface area contributed by atoms with Gasteiger partial charge in [0.15, 0.2) is 0 Å². The summed E-state index contributed by atoms with van der Waals surface area (Å²) in [6.45, 7) is 0.417. The van der Waals surface area contributed by atoms with Crippen molar-refractivity contribution in [3.63, 3.8) is 0 Å². The van der Waals surface area contributed by atoms with Gasteiger partial charge >= 0.3 is 0 Å². The lowest BCUT2D eigenvalue weighted by Gasteiger charge is -2.04. The van der Waals surface area contributed by atoms with Crippen molar-refractivity contribution in [1.29, 1.82) is 0 Å². The van der Waals surface area contributed by atoms with Crippen LogP contribution in [0.4, 0.5) is 0 Å². The highest BCUT2D eigenvalue weighted by atomic mass is 35.5. The maximum Gasteiger partial charge on any atom is 0.247 e. The molecule has 2 aromatic heterocycles.